The van der Waals surface area contributed by atoms with Crippen LogP contribution in [0.3, 0.4) is 0 Å². The van der Waals surface area contributed by atoms with E-state index in [1.54, 1.807) is 0 Å². The van der Waals surface area contributed by atoms with Crippen LogP contribution >= 0.6 is 0 Å². The van der Waals surface area contributed by atoms with Crippen LogP contribution in [0.15, 0.2) is 207 Å². The zero-order chi connectivity index (χ0) is 40.9. The topological polar surface area (TPSA) is 55.9 Å². The number of benzene rings is 9. The third-order valence-corrected chi connectivity index (χ3v) is 12.8. The predicted octanol–water partition coefficient (Wildman–Crippen LogP) is 15.2. The van der Waals surface area contributed by atoms with Crippen LogP contribution in [-0.4, -0.2) is 16.1 Å². The molecule has 12 aromatic rings. The summed E-state index contributed by atoms with van der Waals surface area (Å²) in [7, 11) is 0. The van der Waals surface area contributed by atoms with Gasteiger partial charge in [-0.2, -0.15) is 0 Å². The monoisotopic (exact) mass is 795 g/mol. The summed E-state index contributed by atoms with van der Waals surface area (Å²) in [5, 5.41) is 11.4. The first-order chi connectivity index (χ1) is 30.6. The van der Waals surface area contributed by atoms with Gasteiger partial charge in [-0.25, -0.2) is 9.98 Å². The summed E-state index contributed by atoms with van der Waals surface area (Å²) in [6, 6.07) is 64.5. The number of para-hydroxylation sites is 3. The number of furan rings is 2. The Morgan fingerprint density at radius 1 is 0.452 bits per heavy atom. The van der Waals surface area contributed by atoms with Crippen molar-refractivity contribution in [2.75, 3.05) is 0 Å². The highest BCUT2D eigenvalue weighted by Crippen LogP contribution is 2.42. The fourth-order valence-corrected chi connectivity index (χ4v) is 9.82. The Balaban J connectivity index is 1.10. The zero-order valence-corrected chi connectivity index (χ0v) is 33.8. The lowest BCUT2D eigenvalue weighted by molar-refractivity contribution is 0.668. The van der Waals surface area contributed by atoms with Gasteiger partial charge in [0.2, 0.25) is 0 Å². The number of hydrogen-bond acceptors (Lipinski definition) is 4. The Morgan fingerprint density at radius 2 is 1.08 bits per heavy atom. The molecule has 1 aliphatic heterocycles. The summed E-state index contributed by atoms with van der Waals surface area (Å²) in [6.07, 6.45) is 3.02. The molecular formula is C57H37N3O2. The summed E-state index contributed by atoms with van der Waals surface area (Å²) >= 11 is 0. The van der Waals surface area contributed by atoms with E-state index < -0.39 is 0 Å². The van der Waals surface area contributed by atoms with Gasteiger partial charge in [-0.1, -0.05) is 140 Å². The molecule has 0 fully saturated rings. The quantitative estimate of drug-likeness (QED) is 0.178. The Labute approximate surface area is 356 Å². The summed E-state index contributed by atoms with van der Waals surface area (Å²) in [6.45, 7) is 2.27. The minimum atomic E-state index is 0.0466. The van der Waals surface area contributed by atoms with E-state index in [1.165, 1.54) is 21.5 Å². The number of amidine groups is 1. The zero-order valence-electron chi connectivity index (χ0n) is 33.8. The normalized spacial score (nSPS) is 15.8. The van der Waals surface area contributed by atoms with Gasteiger partial charge in [-0.05, 0) is 82.6 Å². The molecule has 0 saturated heterocycles. The van der Waals surface area contributed by atoms with Crippen LogP contribution in [0.4, 0.5) is 0 Å². The van der Waals surface area contributed by atoms with E-state index in [9.17, 15) is 0 Å². The predicted molar refractivity (Wildman–Crippen MR) is 258 cm³/mol. The third kappa shape index (κ3) is 5.35. The molecule has 1 unspecified atom stereocenters. The van der Waals surface area contributed by atoms with Crippen molar-refractivity contribution in [3.05, 3.63) is 205 Å². The van der Waals surface area contributed by atoms with Crippen LogP contribution in [0.25, 0.3) is 98.6 Å². The van der Waals surface area contributed by atoms with Gasteiger partial charge in [-0.15, -0.1) is 0 Å². The van der Waals surface area contributed by atoms with Crippen molar-refractivity contribution in [2.24, 2.45) is 15.9 Å². The van der Waals surface area contributed by atoms with Gasteiger partial charge < -0.3 is 13.4 Å². The summed E-state index contributed by atoms with van der Waals surface area (Å²) in [4.78, 5) is 11.3. The Bertz CT molecular complexity index is 3920. The van der Waals surface area contributed by atoms with E-state index in [0.717, 1.165) is 99.5 Å². The largest absolute Gasteiger partial charge is 0.456 e. The van der Waals surface area contributed by atoms with E-state index in [0.29, 0.717) is 12.3 Å². The number of nitrogens with zero attached hydrogens (tertiary/aromatic N) is 3. The van der Waals surface area contributed by atoms with Gasteiger partial charge in [-0.3, -0.25) is 0 Å². The fraction of sp³-hybridized carbons (Fsp3) is 0.0526. The van der Waals surface area contributed by atoms with Crippen LogP contribution in [0.2, 0.25) is 0 Å². The van der Waals surface area contributed by atoms with Crippen LogP contribution in [0, 0.1) is 5.92 Å². The second-order valence-corrected chi connectivity index (χ2v) is 16.5. The molecule has 1 aliphatic rings. The first kappa shape index (κ1) is 34.8. The highest BCUT2D eigenvalue weighted by molar-refractivity contribution is 6.20. The van der Waals surface area contributed by atoms with Crippen molar-refractivity contribution < 1.29 is 8.83 Å². The maximum Gasteiger partial charge on any atom is 0.160 e. The first-order valence-electron chi connectivity index (χ1n) is 21.3. The molecule has 292 valence electrons. The molecule has 0 saturated carbocycles. The minimum Gasteiger partial charge on any atom is -0.456 e. The molecule has 0 radical (unpaired) electrons. The number of aromatic nitrogens is 1. The number of fused-ring (bicyclic) bond motifs is 11. The van der Waals surface area contributed by atoms with Crippen molar-refractivity contribution in [1.29, 1.82) is 0 Å². The van der Waals surface area contributed by atoms with Crippen molar-refractivity contribution in [3.8, 4) is 5.69 Å². The van der Waals surface area contributed by atoms with Crippen molar-refractivity contribution in [2.45, 2.75) is 13.3 Å². The van der Waals surface area contributed by atoms with E-state index in [-0.39, 0.29) is 5.92 Å². The third-order valence-electron chi connectivity index (χ3n) is 12.8. The van der Waals surface area contributed by atoms with Crippen molar-refractivity contribution >= 4 is 104 Å². The standard InChI is InChI=1S/C57H37N3O2/c1-34-25-28-48(58-57(44-21-12-16-35-13-4-5-17-39(35)44)59-56(34)38-26-27-43-41-19-7-10-23-52(41)61-54(43)31-38)47-33-55-46(42-20-8-11-24-53(42)62-55)32-51(47)60-49-22-9-6-18-40(49)45-29-36-14-2-3-15-37(36)30-50(45)60/h2-24,26-34H,25H2,1H3/b48-28+,58-57?,59-56?. The molecule has 1 atom stereocenters. The maximum atomic E-state index is 6.65. The van der Waals surface area contributed by atoms with Gasteiger partial charge >= 0.3 is 0 Å². The second kappa shape index (κ2) is 13.5. The van der Waals surface area contributed by atoms with Gasteiger partial charge in [0, 0.05) is 54.9 Å². The van der Waals surface area contributed by atoms with Crippen LogP contribution in [0.1, 0.15) is 30.0 Å². The first-order valence-corrected chi connectivity index (χ1v) is 21.3. The Kier molecular flexibility index (Phi) is 7.58. The molecule has 13 rings (SSSR count). The molecule has 0 N–H and O–H groups in total. The molecule has 9 aromatic carbocycles. The van der Waals surface area contributed by atoms with Crippen LogP contribution in [0.5, 0.6) is 0 Å². The van der Waals surface area contributed by atoms with Crippen molar-refractivity contribution in [1.82, 2.24) is 4.57 Å². The number of allylic oxidation sites excluding steroid dienone is 1. The van der Waals surface area contributed by atoms with E-state index in [1.807, 2.05) is 24.3 Å². The second-order valence-electron chi connectivity index (χ2n) is 16.5. The summed E-state index contributed by atoms with van der Waals surface area (Å²) < 4.78 is 15.5. The minimum absolute atomic E-state index is 0.0466. The highest BCUT2D eigenvalue weighted by Gasteiger charge is 2.25. The number of rotatable bonds is 4. The summed E-state index contributed by atoms with van der Waals surface area (Å²) in [5.74, 6) is 0.702. The SMILES string of the molecule is CC1C/C=C(\c2cc3oc4ccccc4c3cc2-n2c3ccccc3c3cc4ccccc4cc32)N=C(c2cccc3ccccc23)N=C1c1ccc2c(c1)oc1ccccc12. The van der Waals surface area contributed by atoms with Gasteiger partial charge in [0.1, 0.15) is 22.3 Å². The molecule has 0 spiro atoms. The van der Waals surface area contributed by atoms with Gasteiger partial charge in [0.15, 0.2) is 5.84 Å². The average Bonchev–Trinajstić information content (AvgIpc) is 3.98. The molecule has 4 heterocycles. The lowest BCUT2D eigenvalue weighted by Crippen LogP contribution is -2.17. The molecular weight excluding hydrogens is 759 g/mol. The van der Waals surface area contributed by atoms with Gasteiger partial charge in [0.05, 0.1) is 28.1 Å². The molecule has 3 aromatic heterocycles. The molecule has 0 aliphatic carbocycles. The highest BCUT2D eigenvalue weighted by atomic mass is 16.3. The molecule has 5 nitrogen and oxygen atoms in total. The molecule has 62 heavy (non-hydrogen) atoms. The maximum absolute atomic E-state index is 6.65. The number of aliphatic imine (C=N–C) groups is 2. The van der Waals surface area contributed by atoms with E-state index in [4.69, 9.17) is 18.8 Å². The number of hydrogen-bond donors (Lipinski definition) is 0. The smallest absolute Gasteiger partial charge is 0.160 e. The molecule has 0 amide bonds. The average molecular weight is 796 g/mol. The Hall–Kier alpha value is -8.02. The van der Waals surface area contributed by atoms with Gasteiger partial charge in [0.25, 0.3) is 0 Å². The lowest BCUT2D eigenvalue weighted by Gasteiger charge is -2.20. The molecule has 0 bridgehead atoms. The summed E-state index contributed by atoms with van der Waals surface area (Å²) in [5.41, 5.74) is 11.5. The van der Waals surface area contributed by atoms with Crippen LogP contribution < -0.4 is 0 Å². The molecule has 5 heteroatoms. The van der Waals surface area contributed by atoms with E-state index >= 15 is 0 Å². The lowest BCUT2D eigenvalue weighted by atomic mass is 9.92. The Morgan fingerprint density at radius 3 is 1.89 bits per heavy atom. The fourth-order valence-electron chi connectivity index (χ4n) is 9.82. The van der Waals surface area contributed by atoms with E-state index in [2.05, 4.69) is 175 Å². The van der Waals surface area contributed by atoms with Crippen LogP contribution in [-0.2, 0) is 0 Å². The van der Waals surface area contributed by atoms with Crippen molar-refractivity contribution in [3.63, 3.8) is 0 Å².